The first-order chi connectivity index (χ1) is 6.36. The quantitative estimate of drug-likeness (QED) is 0.691. The molecule has 2 aromatic heterocycles. The van der Waals surface area contributed by atoms with Gasteiger partial charge < -0.3 is 4.57 Å². The van der Waals surface area contributed by atoms with Gasteiger partial charge in [-0.2, -0.15) is 0 Å². The zero-order valence-corrected chi connectivity index (χ0v) is 7.51. The summed E-state index contributed by atoms with van der Waals surface area (Å²) in [6.45, 7) is 2.87. The maximum absolute atomic E-state index is 4.23. The molecule has 0 aliphatic heterocycles. The molecule has 3 heteroatoms. The largest absolute Gasteiger partial charge is 0.333 e. The minimum atomic E-state index is 0.847. The highest BCUT2D eigenvalue weighted by Crippen LogP contribution is 2.05. The van der Waals surface area contributed by atoms with Crippen LogP contribution < -0.4 is 0 Å². The average Bonchev–Trinajstić information content (AvgIpc) is 2.61. The van der Waals surface area contributed by atoms with E-state index in [-0.39, 0.29) is 0 Å². The Morgan fingerprint density at radius 3 is 3.00 bits per heavy atom. The molecule has 0 aromatic carbocycles. The molecule has 0 amide bonds. The molecule has 2 aromatic rings. The van der Waals surface area contributed by atoms with Crippen molar-refractivity contribution in [3.05, 3.63) is 48.3 Å². The summed E-state index contributed by atoms with van der Waals surface area (Å²) in [4.78, 5) is 8.22. The molecule has 0 aliphatic rings. The maximum Gasteiger partial charge on any atom is 0.0949 e. The van der Waals surface area contributed by atoms with Gasteiger partial charge in [0.1, 0.15) is 0 Å². The first kappa shape index (κ1) is 7.98. The Hall–Kier alpha value is -1.64. The predicted octanol–water partition coefficient (Wildman–Crippen LogP) is 1.63. The lowest BCUT2D eigenvalue weighted by Crippen LogP contribution is -1.99. The molecule has 0 radical (unpaired) electrons. The number of hydrogen-bond acceptors (Lipinski definition) is 2. The van der Waals surface area contributed by atoms with E-state index < -0.39 is 0 Å². The molecule has 0 bridgehead atoms. The lowest BCUT2D eigenvalue weighted by atomic mass is 10.2. The Balaban J connectivity index is 2.24. The van der Waals surface area contributed by atoms with Crippen LogP contribution in [-0.4, -0.2) is 14.5 Å². The third kappa shape index (κ3) is 1.75. The van der Waals surface area contributed by atoms with E-state index in [1.807, 2.05) is 36.3 Å². The second-order valence-corrected chi connectivity index (χ2v) is 2.98. The molecule has 2 rings (SSSR count). The Kier molecular flexibility index (Phi) is 2.08. The SMILES string of the molecule is Cc1ncccc1Cn1ccnc1. The number of hydrogen-bond donors (Lipinski definition) is 0. The van der Waals surface area contributed by atoms with Crippen LogP contribution >= 0.6 is 0 Å². The zero-order chi connectivity index (χ0) is 9.10. The predicted molar refractivity (Wildman–Crippen MR) is 50.3 cm³/mol. The summed E-state index contributed by atoms with van der Waals surface area (Å²) < 4.78 is 2.03. The highest BCUT2D eigenvalue weighted by atomic mass is 15.0. The van der Waals surface area contributed by atoms with Gasteiger partial charge in [0, 0.05) is 24.3 Å². The second-order valence-electron chi connectivity index (χ2n) is 2.98. The van der Waals surface area contributed by atoms with E-state index >= 15 is 0 Å². The van der Waals surface area contributed by atoms with Crippen molar-refractivity contribution in [1.82, 2.24) is 14.5 Å². The molecule has 66 valence electrons. The molecule has 0 atom stereocenters. The summed E-state index contributed by atoms with van der Waals surface area (Å²) in [5.74, 6) is 0. The average molecular weight is 173 g/mol. The third-order valence-electron chi connectivity index (χ3n) is 2.03. The van der Waals surface area contributed by atoms with E-state index in [1.165, 1.54) is 5.56 Å². The summed E-state index contributed by atoms with van der Waals surface area (Å²) >= 11 is 0. The van der Waals surface area contributed by atoms with Crippen LogP contribution in [0.3, 0.4) is 0 Å². The van der Waals surface area contributed by atoms with Crippen molar-refractivity contribution in [2.24, 2.45) is 0 Å². The molecule has 0 saturated heterocycles. The number of aromatic nitrogens is 3. The van der Waals surface area contributed by atoms with Crippen LogP contribution in [-0.2, 0) is 6.54 Å². The Labute approximate surface area is 77.1 Å². The Morgan fingerprint density at radius 2 is 2.31 bits per heavy atom. The van der Waals surface area contributed by atoms with E-state index in [0.717, 1.165) is 12.2 Å². The highest BCUT2D eigenvalue weighted by Gasteiger charge is 1.97. The summed E-state index contributed by atoms with van der Waals surface area (Å²) in [5, 5.41) is 0. The Bertz CT molecular complexity index is 379. The summed E-state index contributed by atoms with van der Waals surface area (Å²) in [6, 6.07) is 4.04. The zero-order valence-electron chi connectivity index (χ0n) is 7.51. The van der Waals surface area contributed by atoms with Gasteiger partial charge in [-0.15, -0.1) is 0 Å². The van der Waals surface area contributed by atoms with Gasteiger partial charge >= 0.3 is 0 Å². The van der Waals surface area contributed by atoms with Crippen LogP contribution in [0.2, 0.25) is 0 Å². The Morgan fingerprint density at radius 1 is 1.38 bits per heavy atom. The third-order valence-corrected chi connectivity index (χ3v) is 2.03. The summed E-state index contributed by atoms with van der Waals surface area (Å²) in [7, 11) is 0. The summed E-state index contributed by atoms with van der Waals surface area (Å²) in [6.07, 6.45) is 7.36. The number of nitrogens with zero attached hydrogens (tertiary/aromatic N) is 3. The van der Waals surface area contributed by atoms with Gasteiger partial charge in [-0.1, -0.05) is 6.07 Å². The lowest BCUT2D eigenvalue weighted by Gasteiger charge is -2.04. The van der Waals surface area contributed by atoms with Crippen molar-refractivity contribution in [2.75, 3.05) is 0 Å². The molecular formula is C10H11N3. The van der Waals surface area contributed by atoms with E-state index in [2.05, 4.69) is 16.0 Å². The van der Waals surface area contributed by atoms with E-state index in [4.69, 9.17) is 0 Å². The second kappa shape index (κ2) is 3.39. The van der Waals surface area contributed by atoms with E-state index in [1.54, 1.807) is 6.20 Å². The number of rotatable bonds is 2. The molecule has 0 N–H and O–H groups in total. The van der Waals surface area contributed by atoms with Crippen LogP contribution in [0.25, 0.3) is 0 Å². The van der Waals surface area contributed by atoms with E-state index in [9.17, 15) is 0 Å². The molecule has 0 saturated carbocycles. The number of imidazole rings is 1. The van der Waals surface area contributed by atoms with Crippen LogP contribution in [0.5, 0.6) is 0 Å². The lowest BCUT2D eigenvalue weighted by molar-refractivity contribution is 0.785. The number of aryl methyl sites for hydroxylation is 1. The van der Waals surface area contributed by atoms with Gasteiger partial charge in [-0.3, -0.25) is 4.98 Å². The highest BCUT2D eigenvalue weighted by molar-refractivity contribution is 5.18. The van der Waals surface area contributed by atoms with Crippen LogP contribution in [0, 0.1) is 6.92 Å². The van der Waals surface area contributed by atoms with Crippen molar-refractivity contribution in [3.63, 3.8) is 0 Å². The molecule has 3 nitrogen and oxygen atoms in total. The number of pyridine rings is 1. The van der Waals surface area contributed by atoms with Crippen LogP contribution in [0.15, 0.2) is 37.1 Å². The van der Waals surface area contributed by atoms with E-state index in [0.29, 0.717) is 0 Å². The normalized spacial score (nSPS) is 10.2. The van der Waals surface area contributed by atoms with Crippen molar-refractivity contribution in [3.8, 4) is 0 Å². The topological polar surface area (TPSA) is 30.7 Å². The van der Waals surface area contributed by atoms with Gasteiger partial charge in [-0.05, 0) is 18.6 Å². The smallest absolute Gasteiger partial charge is 0.0949 e. The van der Waals surface area contributed by atoms with Gasteiger partial charge in [0.25, 0.3) is 0 Å². The van der Waals surface area contributed by atoms with Crippen molar-refractivity contribution < 1.29 is 0 Å². The maximum atomic E-state index is 4.23. The molecule has 13 heavy (non-hydrogen) atoms. The molecule has 0 fully saturated rings. The fraction of sp³-hybridized carbons (Fsp3) is 0.200. The molecular weight excluding hydrogens is 162 g/mol. The van der Waals surface area contributed by atoms with Gasteiger partial charge in [-0.25, -0.2) is 4.98 Å². The minimum absolute atomic E-state index is 0.847. The molecule has 0 aliphatic carbocycles. The minimum Gasteiger partial charge on any atom is -0.333 e. The fourth-order valence-corrected chi connectivity index (χ4v) is 1.26. The first-order valence-electron chi connectivity index (χ1n) is 4.22. The van der Waals surface area contributed by atoms with Crippen LogP contribution in [0.4, 0.5) is 0 Å². The van der Waals surface area contributed by atoms with Gasteiger partial charge in [0.15, 0.2) is 0 Å². The standard InChI is InChI=1S/C10H11N3/c1-9-10(3-2-4-12-9)7-13-6-5-11-8-13/h2-6,8H,7H2,1H3. The van der Waals surface area contributed by atoms with Crippen molar-refractivity contribution >= 4 is 0 Å². The summed E-state index contributed by atoms with van der Waals surface area (Å²) in [5.41, 5.74) is 2.32. The molecule has 0 unspecified atom stereocenters. The fourth-order valence-electron chi connectivity index (χ4n) is 1.26. The monoisotopic (exact) mass is 173 g/mol. The van der Waals surface area contributed by atoms with Crippen LogP contribution in [0.1, 0.15) is 11.3 Å². The van der Waals surface area contributed by atoms with Gasteiger partial charge in [0.2, 0.25) is 0 Å². The molecule has 2 heterocycles. The van der Waals surface area contributed by atoms with Crippen molar-refractivity contribution in [2.45, 2.75) is 13.5 Å². The molecule has 0 spiro atoms. The van der Waals surface area contributed by atoms with Crippen molar-refractivity contribution in [1.29, 1.82) is 0 Å². The van der Waals surface area contributed by atoms with Gasteiger partial charge in [0.05, 0.1) is 12.9 Å². The first-order valence-corrected chi connectivity index (χ1v) is 4.22.